The minimum Gasteiger partial charge on any atom is -0.482 e. The molecule has 2 aromatic carbocycles. The Kier molecular flexibility index (Phi) is 6.42. The molecule has 0 fully saturated rings. The van der Waals surface area contributed by atoms with Crippen molar-refractivity contribution < 1.29 is 23.9 Å². The molecular weight excluding hydrogens is 358 g/mol. The van der Waals surface area contributed by atoms with Crippen LogP contribution in [0.4, 0.5) is 0 Å². The molecular formula is C22H23NO5. The average molecular weight is 381 g/mol. The van der Waals surface area contributed by atoms with Crippen molar-refractivity contribution >= 4 is 18.2 Å². The molecule has 0 saturated carbocycles. The third-order valence-corrected chi connectivity index (χ3v) is 4.74. The summed E-state index contributed by atoms with van der Waals surface area (Å²) in [5.74, 6) is -0.519. The van der Waals surface area contributed by atoms with Gasteiger partial charge in [0, 0.05) is 5.56 Å². The van der Waals surface area contributed by atoms with Crippen LogP contribution in [0, 0.1) is 0 Å². The van der Waals surface area contributed by atoms with E-state index in [-0.39, 0.29) is 18.6 Å². The topological polar surface area (TPSA) is 81.7 Å². The summed E-state index contributed by atoms with van der Waals surface area (Å²) in [5, 5.41) is 2.98. The highest BCUT2D eigenvalue weighted by Crippen LogP contribution is 2.29. The second kappa shape index (κ2) is 9.17. The smallest absolute Gasteiger partial charge is 0.344 e. The van der Waals surface area contributed by atoms with Crippen LogP contribution >= 0.6 is 0 Å². The van der Waals surface area contributed by atoms with Crippen molar-refractivity contribution in [3.05, 3.63) is 65.2 Å². The first kappa shape index (κ1) is 19.6. The van der Waals surface area contributed by atoms with Gasteiger partial charge in [-0.1, -0.05) is 24.3 Å². The molecule has 0 aromatic heterocycles. The van der Waals surface area contributed by atoms with Crippen LogP contribution in [-0.2, 0) is 20.7 Å². The quantitative estimate of drug-likeness (QED) is 0.589. The molecule has 0 radical (unpaired) electrons. The highest BCUT2D eigenvalue weighted by molar-refractivity contribution is 5.84. The van der Waals surface area contributed by atoms with Crippen LogP contribution in [0.1, 0.15) is 47.3 Å². The Labute approximate surface area is 163 Å². The lowest BCUT2D eigenvalue weighted by Crippen LogP contribution is -2.39. The zero-order valence-corrected chi connectivity index (χ0v) is 15.7. The van der Waals surface area contributed by atoms with Gasteiger partial charge >= 0.3 is 5.97 Å². The second-order valence-corrected chi connectivity index (χ2v) is 6.76. The number of hydrogen-bond acceptors (Lipinski definition) is 5. The number of esters is 1. The van der Waals surface area contributed by atoms with E-state index in [2.05, 4.69) is 11.4 Å². The van der Waals surface area contributed by atoms with Crippen molar-refractivity contribution in [1.29, 1.82) is 0 Å². The Bertz CT molecular complexity index is 846. The van der Waals surface area contributed by atoms with Crippen molar-refractivity contribution in [3.63, 3.8) is 0 Å². The highest BCUT2D eigenvalue weighted by Gasteiger charge is 2.25. The molecule has 0 bridgehead atoms. The lowest BCUT2D eigenvalue weighted by Gasteiger charge is -2.27. The first-order valence-corrected chi connectivity index (χ1v) is 9.32. The molecule has 3 rings (SSSR count). The Balaban J connectivity index is 1.48. The summed E-state index contributed by atoms with van der Waals surface area (Å²) in [6.45, 7) is 1.23. The SMILES string of the molecule is C[C@H](OC(=O)COc1ccc(C=O)cc1)C(=O)N[C@@H]1CCCc2ccccc21. The minimum absolute atomic E-state index is 0.0637. The molecule has 6 nitrogen and oxygen atoms in total. The van der Waals surface area contributed by atoms with Crippen LogP contribution in [0.25, 0.3) is 0 Å². The number of hydrogen-bond donors (Lipinski definition) is 1. The summed E-state index contributed by atoms with van der Waals surface area (Å²) in [7, 11) is 0. The molecule has 1 amide bonds. The van der Waals surface area contributed by atoms with Gasteiger partial charge in [0.15, 0.2) is 12.7 Å². The van der Waals surface area contributed by atoms with E-state index in [4.69, 9.17) is 9.47 Å². The number of aryl methyl sites for hydroxylation is 1. The molecule has 1 aliphatic carbocycles. The third kappa shape index (κ3) is 4.97. The maximum Gasteiger partial charge on any atom is 0.344 e. The van der Waals surface area contributed by atoms with Gasteiger partial charge < -0.3 is 14.8 Å². The van der Waals surface area contributed by atoms with Gasteiger partial charge in [-0.15, -0.1) is 0 Å². The predicted octanol–water partition coefficient (Wildman–Crippen LogP) is 3.00. The summed E-state index contributed by atoms with van der Waals surface area (Å²) in [4.78, 5) is 35.0. The summed E-state index contributed by atoms with van der Waals surface area (Å²) in [6.07, 6.45) is 2.69. The van der Waals surface area contributed by atoms with Crippen LogP contribution in [0.2, 0.25) is 0 Å². The van der Waals surface area contributed by atoms with Gasteiger partial charge in [0.25, 0.3) is 5.91 Å². The maximum atomic E-state index is 12.4. The number of aldehydes is 1. The minimum atomic E-state index is -0.914. The molecule has 0 spiro atoms. The van der Waals surface area contributed by atoms with Crippen LogP contribution in [-0.4, -0.2) is 30.9 Å². The summed E-state index contributed by atoms with van der Waals surface area (Å²) < 4.78 is 10.5. The molecule has 2 aromatic rings. The van der Waals surface area contributed by atoms with Crippen LogP contribution in [0.5, 0.6) is 5.75 Å². The molecule has 1 aliphatic rings. The van der Waals surface area contributed by atoms with Gasteiger partial charge in [0.2, 0.25) is 0 Å². The zero-order chi connectivity index (χ0) is 19.9. The lowest BCUT2D eigenvalue weighted by atomic mass is 9.87. The Hall–Kier alpha value is -3.15. The van der Waals surface area contributed by atoms with E-state index >= 15 is 0 Å². The number of amides is 1. The Morgan fingerprint density at radius 1 is 1.18 bits per heavy atom. The molecule has 0 saturated heterocycles. The monoisotopic (exact) mass is 381 g/mol. The second-order valence-electron chi connectivity index (χ2n) is 6.76. The largest absolute Gasteiger partial charge is 0.482 e. The van der Waals surface area contributed by atoms with E-state index in [1.807, 2.05) is 18.2 Å². The standard InChI is InChI=1S/C22H23NO5/c1-15(28-21(25)14-27-18-11-9-16(13-24)10-12-18)22(26)23-20-8-4-6-17-5-2-3-7-19(17)20/h2-3,5,7,9-13,15,20H,4,6,8,14H2,1H3,(H,23,26)/t15-,20+/m0/s1. The van der Waals surface area contributed by atoms with E-state index < -0.39 is 12.1 Å². The normalized spacial score (nSPS) is 16.4. The molecule has 6 heteroatoms. The molecule has 1 N–H and O–H groups in total. The van der Waals surface area contributed by atoms with E-state index in [0.717, 1.165) is 31.1 Å². The lowest BCUT2D eigenvalue weighted by molar-refractivity contribution is -0.156. The van der Waals surface area contributed by atoms with Crippen molar-refractivity contribution in [2.75, 3.05) is 6.61 Å². The van der Waals surface area contributed by atoms with Gasteiger partial charge in [0.05, 0.1) is 6.04 Å². The number of fused-ring (bicyclic) bond motifs is 1. The number of rotatable bonds is 7. The van der Waals surface area contributed by atoms with Gasteiger partial charge in [-0.05, 0) is 61.6 Å². The number of nitrogens with one attached hydrogen (secondary N) is 1. The predicted molar refractivity (Wildman–Crippen MR) is 103 cm³/mol. The molecule has 28 heavy (non-hydrogen) atoms. The number of ether oxygens (including phenoxy) is 2. The van der Waals surface area contributed by atoms with Gasteiger partial charge in [-0.2, -0.15) is 0 Å². The maximum absolute atomic E-state index is 12.4. The molecule has 0 aliphatic heterocycles. The first-order valence-electron chi connectivity index (χ1n) is 9.32. The van der Waals surface area contributed by atoms with Crippen molar-refractivity contribution in [3.8, 4) is 5.75 Å². The number of carbonyl (C=O) groups is 3. The van der Waals surface area contributed by atoms with Crippen LogP contribution < -0.4 is 10.1 Å². The molecule has 0 heterocycles. The zero-order valence-electron chi connectivity index (χ0n) is 15.7. The fourth-order valence-corrected chi connectivity index (χ4v) is 3.26. The van der Waals surface area contributed by atoms with E-state index in [1.54, 1.807) is 31.2 Å². The van der Waals surface area contributed by atoms with Crippen LogP contribution in [0.15, 0.2) is 48.5 Å². The fourth-order valence-electron chi connectivity index (χ4n) is 3.26. The third-order valence-electron chi connectivity index (χ3n) is 4.74. The number of carbonyl (C=O) groups excluding carboxylic acids is 3. The Morgan fingerprint density at radius 3 is 2.68 bits per heavy atom. The van der Waals surface area contributed by atoms with Gasteiger partial charge in [-0.3, -0.25) is 9.59 Å². The summed E-state index contributed by atoms with van der Waals surface area (Å²) in [5.41, 5.74) is 2.89. The Morgan fingerprint density at radius 2 is 1.93 bits per heavy atom. The first-order chi connectivity index (χ1) is 13.6. The summed E-state index contributed by atoms with van der Waals surface area (Å²) >= 11 is 0. The van der Waals surface area contributed by atoms with E-state index in [0.29, 0.717) is 11.3 Å². The number of benzene rings is 2. The summed E-state index contributed by atoms with van der Waals surface area (Å²) in [6, 6.07) is 14.4. The average Bonchev–Trinajstić information content (AvgIpc) is 2.73. The fraction of sp³-hybridized carbons (Fsp3) is 0.318. The van der Waals surface area contributed by atoms with E-state index in [9.17, 15) is 14.4 Å². The van der Waals surface area contributed by atoms with Crippen molar-refractivity contribution in [2.24, 2.45) is 0 Å². The van der Waals surface area contributed by atoms with Crippen molar-refractivity contribution in [1.82, 2.24) is 5.32 Å². The van der Waals surface area contributed by atoms with E-state index in [1.165, 1.54) is 5.56 Å². The van der Waals surface area contributed by atoms with Crippen LogP contribution in [0.3, 0.4) is 0 Å². The molecule has 0 unspecified atom stereocenters. The van der Waals surface area contributed by atoms with Gasteiger partial charge in [-0.25, -0.2) is 4.79 Å². The molecule has 146 valence electrons. The van der Waals surface area contributed by atoms with Crippen molar-refractivity contribution in [2.45, 2.75) is 38.3 Å². The molecule has 2 atom stereocenters. The van der Waals surface area contributed by atoms with Gasteiger partial charge in [0.1, 0.15) is 12.0 Å². The highest BCUT2D eigenvalue weighted by atomic mass is 16.6.